The minimum absolute atomic E-state index is 0.0494. The molecule has 21 heavy (non-hydrogen) atoms. The highest BCUT2D eigenvalue weighted by molar-refractivity contribution is 5.57. The first-order chi connectivity index (χ1) is 9.43. The molecule has 0 aliphatic rings. The molecule has 0 bridgehead atoms. The maximum atomic E-state index is 13.0. The predicted molar refractivity (Wildman–Crippen MR) is 75.2 cm³/mol. The highest BCUT2D eigenvalue weighted by atomic mass is 19.4. The van der Waals surface area contributed by atoms with Gasteiger partial charge >= 0.3 is 6.18 Å². The molecule has 0 amide bonds. The quantitative estimate of drug-likeness (QED) is 0.647. The van der Waals surface area contributed by atoms with Gasteiger partial charge in [0, 0.05) is 24.4 Å². The van der Waals surface area contributed by atoms with Crippen LogP contribution in [0.3, 0.4) is 0 Å². The van der Waals surface area contributed by atoms with Crippen LogP contribution in [0.5, 0.6) is 0 Å². The fourth-order valence-corrected chi connectivity index (χ4v) is 1.60. The summed E-state index contributed by atoms with van der Waals surface area (Å²) in [5.41, 5.74) is -1.77. The molecule has 1 rings (SSSR count). The van der Waals surface area contributed by atoms with E-state index >= 15 is 0 Å². The minimum Gasteiger partial charge on any atom is -0.384 e. The molecule has 0 spiro atoms. The molecule has 1 unspecified atom stereocenters. The van der Waals surface area contributed by atoms with Gasteiger partial charge in [0.15, 0.2) is 0 Å². The van der Waals surface area contributed by atoms with Gasteiger partial charge in [-0.3, -0.25) is 10.1 Å². The molecule has 0 fully saturated rings. The van der Waals surface area contributed by atoms with E-state index in [2.05, 4.69) is 5.32 Å². The Balaban J connectivity index is 3.04. The molecule has 0 aromatic heterocycles. The first kappa shape index (κ1) is 17.3. The molecule has 7 heteroatoms. The maximum Gasteiger partial charge on any atom is 0.418 e. The molecule has 0 saturated carbocycles. The van der Waals surface area contributed by atoms with Crippen molar-refractivity contribution in [3.63, 3.8) is 0 Å². The summed E-state index contributed by atoms with van der Waals surface area (Å²) >= 11 is 0. The van der Waals surface area contributed by atoms with Crippen LogP contribution < -0.4 is 5.32 Å². The second-order valence-corrected chi connectivity index (χ2v) is 6.13. The Morgan fingerprint density at radius 1 is 1.29 bits per heavy atom. The van der Waals surface area contributed by atoms with Crippen LogP contribution in [0.25, 0.3) is 0 Å². The van der Waals surface area contributed by atoms with Gasteiger partial charge in [0.05, 0.1) is 10.5 Å². The Labute approximate surface area is 121 Å². The van der Waals surface area contributed by atoms with E-state index in [-0.39, 0.29) is 17.0 Å². The summed E-state index contributed by atoms with van der Waals surface area (Å²) in [5, 5.41) is 13.4. The number of rotatable bonds is 4. The lowest BCUT2D eigenvalue weighted by molar-refractivity contribution is -0.385. The molecular weight excluding hydrogens is 285 g/mol. The fraction of sp³-hybridized carbons (Fsp3) is 0.571. The van der Waals surface area contributed by atoms with Gasteiger partial charge in [-0.25, -0.2) is 0 Å². The van der Waals surface area contributed by atoms with Crippen molar-refractivity contribution >= 4 is 11.4 Å². The topological polar surface area (TPSA) is 55.2 Å². The van der Waals surface area contributed by atoms with Crippen molar-refractivity contribution in [1.82, 2.24) is 0 Å². The average molecular weight is 304 g/mol. The second-order valence-electron chi connectivity index (χ2n) is 6.13. The third-order valence-electron chi connectivity index (χ3n) is 3.60. The van der Waals surface area contributed by atoms with Crippen LogP contribution in [0, 0.1) is 21.4 Å². The van der Waals surface area contributed by atoms with Gasteiger partial charge in [-0.05, 0) is 17.4 Å². The molecule has 1 aromatic carbocycles. The number of halogens is 3. The summed E-state index contributed by atoms with van der Waals surface area (Å²) in [6, 6.07) is 2.74. The van der Waals surface area contributed by atoms with Crippen LogP contribution in [-0.2, 0) is 6.18 Å². The minimum atomic E-state index is -4.64. The van der Waals surface area contributed by atoms with Crippen molar-refractivity contribution in [3.8, 4) is 0 Å². The van der Waals surface area contributed by atoms with Gasteiger partial charge in [-0.15, -0.1) is 0 Å². The Bertz CT molecular complexity index is 522. The summed E-state index contributed by atoms with van der Waals surface area (Å²) in [6.07, 6.45) is -4.64. The van der Waals surface area contributed by atoms with Crippen LogP contribution >= 0.6 is 0 Å². The molecule has 0 aliphatic carbocycles. The van der Waals surface area contributed by atoms with E-state index in [1.807, 2.05) is 27.7 Å². The Morgan fingerprint density at radius 3 is 2.29 bits per heavy atom. The van der Waals surface area contributed by atoms with Crippen molar-refractivity contribution in [3.05, 3.63) is 33.9 Å². The van der Waals surface area contributed by atoms with Crippen molar-refractivity contribution in [2.75, 3.05) is 11.9 Å². The zero-order chi connectivity index (χ0) is 16.4. The standard InChI is InChI=1S/C14H19F3N2O2/c1-9(13(2,3)4)8-18-12-6-5-10(19(20)21)7-11(12)14(15,16)17/h5-7,9,18H,8H2,1-4H3. The summed E-state index contributed by atoms with van der Waals surface area (Å²) in [5.74, 6) is 0.133. The molecule has 118 valence electrons. The third-order valence-corrected chi connectivity index (χ3v) is 3.60. The Hall–Kier alpha value is -1.79. The number of non-ortho nitro benzene ring substituents is 1. The molecule has 1 N–H and O–H groups in total. The van der Waals surface area contributed by atoms with Crippen LogP contribution in [0.4, 0.5) is 24.5 Å². The van der Waals surface area contributed by atoms with Crippen LogP contribution in [0.1, 0.15) is 33.3 Å². The zero-order valence-electron chi connectivity index (χ0n) is 12.4. The maximum absolute atomic E-state index is 13.0. The van der Waals surface area contributed by atoms with Gasteiger partial charge in [0.1, 0.15) is 0 Å². The Morgan fingerprint density at radius 2 is 1.86 bits per heavy atom. The summed E-state index contributed by atoms with van der Waals surface area (Å²) in [6.45, 7) is 8.29. The third kappa shape index (κ3) is 4.61. The van der Waals surface area contributed by atoms with E-state index in [1.165, 1.54) is 0 Å². The Kier molecular flexibility index (Phi) is 4.86. The van der Waals surface area contributed by atoms with Crippen molar-refractivity contribution < 1.29 is 18.1 Å². The molecule has 1 atom stereocenters. The highest BCUT2D eigenvalue weighted by Gasteiger charge is 2.35. The number of nitro groups is 1. The van der Waals surface area contributed by atoms with Crippen molar-refractivity contribution in [2.24, 2.45) is 11.3 Å². The highest BCUT2D eigenvalue weighted by Crippen LogP contribution is 2.37. The van der Waals surface area contributed by atoms with E-state index in [1.54, 1.807) is 0 Å². The molecule has 4 nitrogen and oxygen atoms in total. The van der Waals surface area contributed by atoms with E-state index in [0.29, 0.717) is 12.6 Å². The second kappa shape index (κ2) is 5.91. The lowest BCUT2D eigenvalue weighted by atomic mass is 9.82. The van der Waals surface area contributed by atoms with E-state index < -0.39 is 22.4 Å². The molecule has 0 heterocycles. The van der Waals surface area contributed by atoms with Gasteiger partial charge in [0.25, 0.3) is 5.69 Å². The van der Waals surface area contributed by atoms with Crippen LogP contribution in [0.2, 0.25) is 0 Å². The van der Waals surface area contributed by atoms with E-state index in [9.17, 15) is 23.3 Å². The van der Waals surface area contributed by atoms with Gasteiger partial charge in [-0.1, -0.05) is 27.7 Å². The lowest BCUT2D eigenvalue weighted by Gasteiger charge is -2.28. The van der Waals surface area contributed by atoms with Crippen molar-refractivity contribution in [2.45, 2.75) is 33.9 Å². The van der Waals surface area contributed by atoms with Crippen LogP contribution in [-0.4, -0.2) is 11.5 Å². The smallest absolute Gasteiger partial charge is 0.384 e. The van der Waals surface area contributed by atoms with E-state index in [0.717, 1.165) is 12.1 Å². The molecule has 0 saturated heterocycles. The first-order valence-corrected chi connectivity index (χ1v) is 6.52. The summed E-state index contributed by atoms with van der Waals surface area (Å²) < 4.78 is 39.0. The fourth-order valence-electron chi connectivity index (χ4n) is 1.60. The predicted octanol–water partition coefficient (Wildman–Crippen LogP) is 4.71. The zero-order valence-corrected chi connectivity index (χ0v) is 12.4. The molecule has 1 aromatic rings. The molecule has 0 radical (unpaired) electrons. The first-order valence-electron chi connectivity index (χ1n) is 6.52. The monoisotopic (exact) mass is 304 g/mol. The van der Waals surface area contributed by atoms with Gasteiger partial charge < -0.3 is 5.32 Å². The van der Waals surface area contributed by atoms with Crippen LogP contribution in [0.15, 0.2) is 18.2 Å². The summed E-state index contributed by atoms with van der Waals surface area (Å²) in [4.78, 5) is 9.77. The van der Waals surface area contributed by atoms with Gasteiger partial charge in [-0.2, -0.15) is 13.2 Å². The number of nitro benzene ring substituents is 1. The number of hydrogen-bond donors (Lipinski definition) is 1. The molecule has 0 aliphatic heterocycles. The number of benzene rings is 1. The normalized spacial score (nSPS) is 13.9. The van der Waals surface area contributed by atoms with Crippen molar-refractivity contribution in [1.29, 1.82) is 0 Å². The number of alkyl halides is 3. The number of hydrogen-bond acceptors (Lipinski definition) is 3. The average Bonchev–Trinajstić information content (AvgIpc) is 2.33. The lowest BCUT2D eigenvalue weighted by Crippen LogP contribution is -2.25. The number of nitrogens with zero attached hydrogens (tertiary/aromatic N) is 1. The number of anilines is 1. The largest absolute Gasteiger partial charge is 0.418 e. The number of nitrogens with one attached hydrogen (secondary N) is 1. The van der Waals surface area contributed by atoms with E-state index in [4.69, 9.17) is 0 Å². The summed E-state index contributed by atoms with van der Waals surface area (Å²) in [7, 11) is 0. The van der Waals surface area contributed by atoms with Gasteiger partial charge in [0.2, 0.25) is 0 Å². The SMILES string of the molecule is CC(CNc1ccc([N+](=O)[O-])cc1C(F)(F)F)C(C)(C)C. The molecular formula is C14H19F3N2O2.